The van der Waals surface area contributed by atoms with Crippen molar-refractivity contribution in [2.24, 2.45) is 11.8 Å². The quantitative estimate of drug-likeness (QED) is 0.298. The van der Waals surface area contributed by atoms with Crippen LogP contribution < -0.4 is 5.32 Å². The second-order valence-electron chi connectivity index (χ2n) is 14.5. The van der Waals surface area contributed by atoms with Crippen molar-refractivity contribution in [2.75, 3.05) is 69.8 Å². The lowest BCUT2D eigenvalue weighted by molar-refractivity contribution is -0.142. The number of carbonyl (C=O) groups excluding carboxylic acids is 3. The molecule has 3 rings (SSSR count). The lowest BCUT2D eigenvalue weighted by Crippen LogP contribution is -2.58. The van der Waals surface area contributed by atoms with Crippen LogP contribution in [-0.4, -0.2) is 123 Å². The Morgan fingerprint density at radius 1 is 1.13 bits per heavy atom. The van der Waals surface area contributed by atoms with Crippen LogP contribution >= 0.6 is 0 Å². The molecule has 0 aromatic carbocycles. The molecule has 254 valence electrons. The summed E-state index contributed by atoms with van der Waals surface area (Å²) in [6.45, 7) is 18.9. The fourth-order valence-corrected chi connectivity index (χ4v) is 6.01. The fraction of sp³-hybridized carbons (Fsp3) is 0.781. The number of likely N-dealkylation sites (tertiary alicyclic amines) is 1. The molecule has 1 unspecified atom stereocenters. The van der Waals surface area contributed by atoms with Crippen LogP contribution in [0.5, 0.6) is 0 Å². The maximum atomic E-state index is 14.5. The molecule has 2 saturated heterocycles. The third-order valence-electron chi connectivity index (χ3n) is 7.61. The highest BCUT2D eigenvalue weighted by atomic mass is 32.2. The van der Waals surface area contributed by atoms with Crippen molar-refractivity contribution in [1.82, 2.24) is 24.7 Å². The Morgan fingerprint density at radius 2 is 1.80 bits per heavy atom. The van der Waals surface area contributed by atoms with Gasteiger partial charge in [0.25, 0.3) is 5.91 Å². The lowest BCUT2D eigenvalue weighted by Gasteiger charge is -2.44. The molecule has 3 heterocycles. The maximum Gasteiger partial charge on any atom is 0.410 e. The van der Waals surface area contributed by atoms with Gasteiger partial charge in [-0.3, -0.25) is 9.59 Å². The Bertz CT molecular complexity index is 1160. The van der Waals surface area contributed by atoms with Gasteiger partial charge in [-0.25, -0.2) is 14.8 Å². The Kier molecular flexibility index (Phi) is 12.9. The van der Waals surface area contributed by atoms with Gasteiger partial charge in [-0.1, -0.05) is 45.8 Å². The number of aromatic nitrogens is 2. The number of carbonyl (C=O) groups is 3. The average molecular weight is 651 g/mol. The summed E-state index contributed by atoms with van der Waals surface area (Å²) in [6.07, 6.45) is 3.81. The minimum absolute atomic E-state index is 0.0398. The van der Waals surface area contributed by atoms with E-state index >= 15 is 0 Å². The zero-order chi connectivity index (χ0) is 33.5. The summed E-state index contributed by atoms with van der Waals surface area (Å²) < 4.78 is 22.8. The topological polar surface area (TPSA) is 140 Å². The van der Waals surface area contributed by atoms with E-state index in [-0.39, 0.29) is 36.2 Å². The molecule has 2 aliphatic rings. The Hall–Kier alpha value is -2.64. The van der Waals surface area contributed by atoms with Gasteiger partial charge < -0.3 is 34.0 Å². The molecule has 1 N–H and O–H groups in total. The van der Waals surface area contributed by atoms with E-state index in [0.29, 0.717) is 75.2 Å². The molecular formula is C32H54N6O6S. The maximum absolute atomic E-state index is 14.5. The molecule has 0 radical (unpaired) electrons. The number of nitrogens with zero attached hydrogens (tertiary/aromatic N) is 5. The lowest BCUT2D eigenvalue weighted by atomic mass is 9.91. The minimum Gasteiger partial charge on any atom is -0.617 e. The first-order chi connectivity index (χ1) is 21.0. The van der Waals surface area contributed by atoms with Crippen LogP contribution in [0.2, 0.25) is 0 Å². The number of hydrogen-bond acceptors (Lipinski definition) is 9. The number of nitrogens with one attached hydrogen (secondary N) is 1. The van der Waals surface area contributed by atoms with Crippen molar-refractivity contribution < 1.29 is 28.4 Å². The van der Waals surface area contributed by atoms with Gasteiger partial charge in [-0.2, -0.15) is 0 Å². The number of anilines is 1. The molecule has 1 aromatic heterocycles. The molecule has 2 fully saturated rings. The van der Waals surface area contributed by atoms with E-state index in [4.69, 9.17) is 14.5 Å². The van der Waals surface area contributed by atoms with E-state index in [1.165, 1.54) is 0 Å². The van der Waals surface area contributed by atoms with Gasteiger partial charge in [0.1, 0.15) is 28.6 Å². The van der Waals surface area contributed by atoms with Crippen LogP contribution in [-0.2, 0) is 30.9 Å². The summed E-state index contributed by atoms with van der Waals surface area (Å²) in [5, 5.41) is 3.31. The highest BCUT2D eigenvalue weighted by molar-refractivity contribution is 7.90. The van der Waals surface area contributed by atoms with E-state index in [1.807, 2.05) is 55.4 Å². The standard InChI is InChI=1S/C32H54N6O6S/c1-22(2)19-38(28(40)25-18-34-29(31(3,4)5)35-26(25)33-11-10-16-45(9)42)24-17-23(27(39)36-12-14-43-15-13-36)20-37(21-24)30(41)44-32(6,7)8/h18,22-24H,10-17,19-21H2,1-9H3,(H,33,34,35)/t23-,24+,45?/m1/s1. The van der Waals surface area contributed by atoms with Crippen LogP contribution in [0.3, 0.4) is 0 Å². The predicted octanol–water partition coefficient (Wildman–Crippen LogP) is 3.54. The van der Waals surface area contributed by atoms with Crippen LogP contribution in [0.4, 0.5) is 10.6 Å². The summed E-state index contributed by atoms with van der Waals surface area (Å²) in [5.41, 5.74) is -0.727. The van der Waals surface area contributed by atoms with Crippen molar-refractivity contribution in [2.45, 2.75) is 85.3 Å². The molecule has 0 aliphatic carbocycles. The Morgan fingerprint density at radius 3 is 2.38 bits per heavy atom. The first-order valence-electron chi connectivity index (χ1n) is 16.0. The normalized spacial score (nSPS) is 20.2. The summed E-state index contributed by atoms with van der Waals surface area (Å²) in [4.78, 5) is 56.1. The van der Waals surface area contributed by atoms with Gasteiger partial charge in [0.2, 0.25) is 5.91 Å². The monoisotopic (exact) mass is 650 g/mol. The predicted molar refractivity (Wildman–Crippen MR) is 176 cm³/mol. The molecule has 2 aliphatic heterocycles. The smallest absolute Gasteiger partial charge is 0.410 e. The summed E-state index contributed by atoms with van der Waals surface area (Å²) in [7, 11) is 0. The van der Waals surface area contributed by atoms with Crippen molar-refractivity contribution in [3.63, 3.8) is 0 Å². The van der Waals surface area contributed by atoms with Gasteiger partial charge in [-0.05, 0) is 33.1 Å². The SMILES string of the molecule is CC(C)CN(C(=O)c1cnc(C(C)(C)C)nc1NCCC[S+](C)[O-])[C@H]1C[C@@H](C(=O)N2CCOCC2)CN(C(=O)OC(C)(C)C)C1. The average Bonchev–Trinajstić information content (AvgIpc) is 2.96. The second-order valence-corrected chi connectivity index (χ2v) is 16.1. The Balaban J connectivity index is 1.98. The molecule has 0 saturated carbocycles. The molecule has 3 atom stereocenters. The van der Waals surface area contributed by atoms with Crippen LogP contribution in [0.15, 0.2) is 6.20 Å². The first-order valence-corrected chi connectivity index (χ1v) is 17.8. The van der Waals surface area contributed by atoms with E-state index in [2.05, 4.69) is 10.3 Å². The number of morpholine rings is 1. The molecule has 12 nitrogen and oxygen atoms in total. The first kappa shape index (κ1) is 36.8. The summed E-state index contributed by atoms with van der Waals surface area (Å²) >= 11 is -0.925. The van der Waals surface area contributed by atoms with E-state index < -0.39 is 34.8 Å². The van der Waals surface area contributed by atoms with Gasteiger partial charge >= 0.3 is 6.09 Å². The number of rotatable bonds is 10. The summed E-state index contributed by atoms with van der Waals surface area (Å²) in [5.74, 6) is 0.876. The largest absolute Gasteiger partial charge is 0.617 e. The van der Waals surface area contributed by atoms with Crippen molar-refractivity contribution in [3.8, 4) is 0 Å². The van der Waals surface area contributed by atoms with Crippen LogP contribution in [0.25, 0.3) is 0 Å². The molecule has 1 aromatic rings. The number of hydrogen-bond donors (Lipinski definition) is 1. The zero-order valence-electron chi connectivity index (χ0n) is 28.7. The van der Waals surface area contributed by atoms with Crippen molar-refractivity contribution >= 4 is 34.9 Å². The third-order valence-corrected chi connectivity index (χ3v) is 8.47. The number of ether oxygens (including phenoxy) is 2. The molecule has 45 heavy (non-hydrogen) atoms. The van der Waals surface area contributed by atoms with Crippen LogP contribution in [0.1, 0.15) is 84.4 Å². The van der Waals surface area contributed by atoms with Gasteiger partial charge in [0.15, 0.2) is 0 Å². The third kappa shape index (κ3) is 11.0. The van der Waals surface area contributed by atoms with Gasteiger partial charge in [-0.15, -0.1) is 0 Å². The molecular weight excluding hydrogens is 596 g/mol. The van der Waals surface area contributed by atoms with Crippen LogP contribution in [0, 0.1) is 11.8 Å². The Labute approximate surface area is 272 Å². The highest BCUT2D eigenvalue weighted by Gasteiger charge is 2.41. The zero-order valence-corrected chi connectivity index (χ0v) is 29.5. The van der Waals surface area contributed by atoms with Gasteiger partial charge in [0.05, 0.1) is 31.4 Å². The molecule has 3 amide bonds. The highest BCUT2D eigenvalue weighted by Crippen LogP contribution is 2.29. The van der Waals surface area contributed by atoms with E-state index in [0.717, 1.165) is 0 Å². The fourth-order valence-electron chi connectivity index (χ4n) is 5.46. The molecule has 0 spiro atoms. The number of amides is 3. The summed E-state index contributed by atoms with van der Waals surface area (Å²) in [6, 6.07) is -0.436. The van der Waals surface area contributed by atoms with E-state index in [9.17, 15) is 18.9 Å². The second kappa shape index (κ2) is 15.8. The molecule has 0 bridgehead atoms. The minimum atomic E-state index is -0.925. The van der Waals surface area contributed by atoms with Crippen molar-refractivity contribution in [1.29, 1.82) is 0 Å². The van der Waals surface area contributed by atoms with Crippen molar-refractivity contribution in [3.05, 3.63) is 17.6 Å². The van der Waals surface area contributed by atoms with Gasteiger partial charge in [0, 0.05) is 57.3 Å². The van der Waals surface area contributed by atoms with E-state index in [1.54, 1.807) is 27.2 Å². The molecule has 13 heteroatoms. The number of piperidine rings is 1.